The zero-order valence-corrected chi connectivity index (χ0v) is 11.1. The third-order valence-corrected chi connectivity index (χ3v) is 3.02. The normalized spacial score (nSPS) is 10.1. The van der Waals surface area contributed by atoms with Gasteiger partial charge in [0.25, 0.3) is 5.91 Å². The van der Waals surface area contributed by atoms with Crippen molar-refractivity contribution in [3.05, 3.63) is 34.4 Å². The van der Waals surface area contributed by atoms with Crippen molar-refractivity contribution in [3.63, 3.8) is 0 Å². The van der Waals surface area contributed by atoms with Gasteiger partial charge in [0.1, 0.15) is 5.75 Å². The molecule has 0 bridgehead atoms. The highest BCUT2D eigenvalue weighted by Crippen LogP contribution is 2.24. The number of nitrogen functional groups attached to an aromatic ring is 1. The van der Waals surface area contributed by atoms with Crippen molar-refractivity contribution >= 4 is 33.3 Å². The van der Waals surface area contributed by atoms with E-state index in [1.165, 1.54) is 13.3 Å². The fraction of sp³-hybridized carbons (Fsp3) is 0.0909. The Labute approximate surface area is 112 Å². The highest BCUT2D eigenvalue weighted by molar-refractivity contribution is 9.10. The second-order valence-electron chi connectivity index (χ2n) is 3.50. The Balaban J connectivity index is 2.26. The Morgan fingerprint density at radius 2 is 2.33 bits per heavy atom. The standard InChI is InChI=1S/C11H11BrN4O2/c1-18-6-2-3-8(12)7(4-6)11(17)15-10-9(13)5-14-16-10/h2-5H,13H2,1H3,(H2,14,15,16,17). The van der Waals surface area contributed by atoms with E-state index in [-0.39, 0.29) is 5.91 Å². The van der Waals surface area contributed by atoms with Gasteiger partial charge in [0.05, 0.1) is 24.6 Å². The predicted molar refractivity (Wildman–Crippen MR) is 71.6 cm³/mol. The van der Waals surface area contributed by atoms with E-state index in [1.54, 1.807) is 18.2 Å². The molecule has 0 atom stereocenters. The van der Waals surface area contributed by atoms with E-state index < -0.39 is 0 Å². The maximum Gasteiger partial charge on any atom is 0.258 e. The number of benzene rings is 1. The van der Waals surface area contributed by atoms with E-state index in [2.05, 4.69) is 31.4 Å². The molecule has 0 fully saturated rings. The molecule has 7 heteroatoms. The Morgan fingerprint density at radius 3 is 2.94 bits per heavy atom. The van der Waals surface area contributed by atoms with Crippen LogP contribution in [-0.2, 0) is 0 Å². The Hall–Kier alpha value is -2.02. The summed E-state index contributed by atoms with van der Waals surface area (Å²) in [4.78, 5) is 12.1. The highest BCUT2D eigenvalue weighted by atomic mass is 79.9. The number of methoxy groups -OCH3 is 1. The summed E-state index contributed by atoms with van der Waals surface area (Å²) in [5, 5.41) is 8.96. The van der Waals surface area contributed by atoms with Crippen LogP contribution < -0.4 is 15.8 Å². The number of nitrogens with zero attached hydrogens (tertiary/aromatic N) is 1. The molecule has 1 amide bonds. The van der Waals surface area contributed by atoms with Crippen molar-refractivity contribution in [2.45, 2.75) is 0 Å². The molecule has 2 aromatic rings. The quantitative estimate of drug-likeness (QED) is 0.808. The van der Waals surface area contributed by atoms with Gasteiger partial charge in [-0.05, 0) is 34.1 Å². The summed E-state index contributed by atoms with van der Waals surface area (Å²) in [6.45, 7) is 0. The number of ether oxygens (including phenoxy) is 1. The third-order valence-electron chi connectivity index (χ3n) is 2.33. The maximum absolute atomic E-state index is 12.1. The van der Waals surface area contributed by atoms with E-state index >= 15 is 0 Å². The number of nitrogens with one attached hydrogen (secondary N) is 2. The van der Waals surface area contributed by atoms with Crippen LogP contribution in [0.3, 0.4) is 0 Å². The number of aromatic amines is 1. The van der Waals surface area contributed by atoms with E-state index in [0.29, 0.717) is 27.3 Å². The van der Waals surface area contributed by atoms with Crippen LogP contribution >= 0.6 is 15.9 Å². The number of rotatable bonds is 3. The molecule has 18 heavy (non-hydrogen) atoms. The number of aromatic nitrogens is 2. The summed E-state index contributed by atoms with van der Waals surface area (Å²) >= 11 is 3.31. The van der Waals surface area contributed by atoms with Crippen LogP contribution in [0.1, 0.15) is 10.4 Å². The molecule has 2 rings (SSSR count). The van der Waals surface area contributed by atoms with Gasteiger partial charge in [-0.15, -0.1) is 0 Å². The molecule has 0 unspecified atom stereocenters. The van der Waals surface area contributed by atoms with E-state index in [4.69, 9.17) is 10.5 Å². The van der Waals surface area contributed by atoms with Gasteiger partial charge in [0, 0.05) is 4.47 Å². The lowest BCUT2D eigenvalue weighted by molar-refractivity contribution is 0.102. The van der Waals surface area contributed by atoms with Gasteiger partial charge >= 0.3 is 0 Å². The number of halogens is 1. The number of hydrogen-bond donors (Lipinski definition) is 3. The first-order valence-electron chi connectivity index (χ1n) is 5.05. The molecule has 0 aliphatic rings. The van der Waals surface area contributed by atoms with Gasteiger partial charge < -0.3 is 15.8 Å². The lowest BCUT2D eigenvalue weighted by Gasteiger charge is -2.07. The first-order valence-corrected chi connectivity index (χ1v) is 5.85. The molecule has 0 aliphatic heterocycles. The number of anilines is 2. The van der Waals surface area contributed by atoms with Crippen LogP contribution in [0.5, 0.6) is 5.75 Å². The van der Waals surface area contributed by atoms with Crippen molar-refractivity contribution < 1.29 is 9.53 Å². The van der Waals surface area contributed by atoms with Crippen LogP contribution in [0.2, 0.25) is 0 Å². The number of H-pyrrole nitrogens is 1. The molecule has 0 spiro atoms. The monoisotopic (exact) mass is 310 g/mol. The summed E-state index contributed by atoms with van der Waals surface area (Å²) in [6, 6.07) is 5.13. The number of hydrogen-bond acceptors (Lipinski definition) is 4. The summed E-state index contributed by atoms with van der Waals surface area (Å²) in [6.07, 6.45) is 1.43. The van der Waals surface area contributed by atoms with Crippen molar-refractivity contribution in [1.82, 2.24) is 10.2 Å². The number of carbonyl (C=O) groups excluding carboxylic acids is 1. The topological polar surface area (TPSA) is 93.0 Å². The third kappa shape index (κ3) is 2.45. The van der Waals surface area contributed by atoms with Gasteiger partial charge in [-0.3, -0.25) is 9.89 Å². The minimum Gasteiger partial charge on any atom is -0.497 e. The molecule has 0 saturated heterocycles. The van der Waals surface area contributed by atoms with Crippen LogP contribution in [0.25, 0.3) is 0 Å². The lowest BCUT2D eigenvalue weighted by atomic mass is 10.2. The predicted octanol–water partition coefficient (Wildman–Crippen LogP) is 2.02. The largest absolute Gasteiger partial charge is 0.497 e. The first kappa shape index (κ1) is 12.4. The smallest absolute Gasteiger partial charge is 0.258 e. The summed E-state index contributed by atoms with van der Waals surface area (Å²) in [5.41, 5.74) is 6.44. The van der Waals surface area contributed by atoms with Crippen LogP contribution in [0, 0.1) is 0 Å². The zero-order chi connectivity index (χ0) is 13.1. The molecule has 0 aliphatic carbocycles. The van der Waals surface area contributed by atoms with E-state index in [9.17, 15) is 4.79 Å². The Morgan fingerprint density at radius 1 is 1.56 bits per heavy atom. The molecule has 1 heterocycles. The molecule has 94 valence electrons. The van der Waals surface area contributed by atoms with Gasteiger partial charge in [0.15, 0.2) is 5.82 Å². The molecule has 6 nitrogen and oxygen atoms in total. The molecule has 0 saturated carbocycles. The molecule has 0 radical (unpaired) electrons. The number of carbonyl (C=O) groups is 1. The average molecular weight is 311 g/mol. The van der Waals surface area contributed by atoms with Crippen molar-refractivity contribution in [2.24, 2.45) is 0 Å². The first-order chi connectivity index (χ1) is 8.61. The second-order valence-corrected chi connectivity index (χ2v) is 4.35. The van der Waals surface area contributed by atoms with E-state index in [1.807, 2.05) is 0 Å². The minimum atomic E-state index is -0.309. The van der Waals surface area contributed by atoms with Crippen LogP contribution in [-0.4, -0.2) is 23.2 Å². The average Bonchev–Trinajstić information content (AvgIpc) is 2.75. The molecule has 1 aromatic heterocycles. The van der Waals surface area contributed by atoms with Gasteiger partial charge in [0.2, 0.25) is 0 Å². The van der Waals surface area contributed by atoms with Gasteiger partial charge in [-0.25, -0.2) is 0 Å². The Kier molecular flexibility index (Phi) is 3.52. The van der Waals surface area contributed by atoms with E-state index in [0.717, 1.165) is 0 Å². The van der Waals surface area contributed by atoms with Gasteiger partial charge in [-0.1, -0.05) is 0 Å². The molecule has 4 N–H and O–H groups in total. The molecular weight excluding hydrogens is 300 g/mol. The minimum absolute atomic E-state index is 0.309. The van der Waals surface area contributed by atoms with Crippen LogP contribution in [0.4, 0.5) is 11.5 Å². The fourth-order valence-electron chi connectivity index (χ4n) is 1.38. The molecule has 1 aromatic carbocycles. The fourth-order valence-corrected chi connectivity index (χ4v) is 1.81. The lowest BCUT2D eigenvalue weighted by Crippen LogP contribution is -2.14. The van der Waals surface area contributed by atoms with Crippen molar-refractivity contribution in [1.29, 1.82) is 0 Å². The van der Waals surface area contributed by atoms with Crippen molar-refractivity contribution in [2.75, 3.05) is 18.2 Å². The van der Waals surface area contributed by atoms with Crippen molar-refractivity contribution in [3.8, 4) is 5.75 Å². The maximum atomic E-state index is 12.1. The SMILES string of the molecule is COc1ccc(Br)c(C(=O)Nc2[nH]ncc2N)c1. The number of amides is 1. The molecular formula is C11H11BrN4O2. The zero-order valence-electron chi connectivity index (χ0n) is 9.53. The number of nitrogens with two attached hydrogens (primary N) is 1. The second kappa shape index (κ2) is 5.09. The van der Waals surface area contributed by atoms with Crippen LogP contribution in [0.15, 0.2) is 28.9 Å². The highest BCUT2D eigenvalue weighted by Gasteiger charge is 2.13. The summed E-state index contributed by atoms with van der Waals surface area (Å²) < 4.78 is 5.74. The summed E-state index contributed by atoms with van der Waals surface area (Å²) in [7, 11) is 1.54. The summed E-state index contributed by atoms with van der Waals surface area (Å²) in [5.74, 6) is 0.660. The van der Waals surface area contributed by atoms with Gasteiger partial charge in [-0.2, -0.15) is 5.10 Å². The Bertz CT molecular complexity index is 582.